The van der Waals surface area contributed by atoms with E-state index >= 15 is 0 Å². The van der Waals surface area contributed by atoms with E-state index in [1.54, 1.807) is 11.0 Å². The van der Waals surface area contributed by atoms with Gasteiger partial charge in [0.2, 0.25) is 0 Å². The van der Waals surface area contributed by atoms with E-state index in [1.807, 2.05) is 13.8 Å². The van der Waals surface area contributed by atoms with Crippen LogP contribution in [0.5, 0.6) is 5.75 Å². The van der Waals surface area contributed by atoms with Crippen LogP contribution in [-0.4, -0.2) is 35.6 Å². The molecule has 0 heterocycles. The molecule has 0 saturated carbocycles. The predicted octanol–water partition coefficient (Wildman–Crippen LogP) is 2.13. The SMILES string of the molecule is CCN(CC)C(=O)COc1ccc([C@H](C)O)c(F)c1. The van der Waals surface area contributed by atoms with Crippen molar-refractivity contribution in [1.82, 2.24) is 4.90 Å². The summed E-state index contributed by atoms with van der Waals surface area (Å²) in [4.78, 5) is 13.3. The molecular weight excluding hydrogens is 249 g/mol. The van der Waals surface area contributed by atoms with Crippen LogP contribution in [0, 0.1) is 5.82 Å². The Labute approximate surface area is 112 Å². The van der Waals surface area contributed by atoms with Gasteiger partial charge in [-0.3, -0.25) is 4.79 Å². The summed E-state index contributed by atoms with van der Waals surface area (Å²) in [6, 6.07) is 4.18. The maximum absolute atomic E-state index is 13.6. The van der Waals surface area contributed by atoms with Gasteiger partial charge in [0.25, 0.3) is 5.91 Å². The van der Waals surface area contributed by atoms with Crippen LogP contribution in [0.2, 0.25) is 0 Å². The van der Waals surface area contributed by atoms with E-state index in [0.717, 1.165) is 0 Å². The van der Waals surface area contributed by atoms with Crippen molar-refractivity contribution >= 4 is 5.91 Å². The number of aliphatic hydroxyl groups is 1. The highest BCUT2D eigenvalue weighted by Crippen LogP contribution is 2.21. The average molecular weight is 269 g/mol. The number of amides is 1. The van der Waals surface area contributed by atoms with E-state index in [-0.39, 0.29) is 23.8 Å². The first-order valence-electron chi connectivity index (χ1n) is 6.37. The van der Waals surface area contributed by atoms with Crippen LogP contribution in [-0.2, 0) is 4.79 Å². The molecule has 0 saturated heterocycles. The zero-order chi connectivity index (χ0) is 14.4. The molecular formula is C14H20FNO3. The summed E-state index contributed by atoms with van der Waals surface area (Å²) in [5.41, 5.74) is 0.211. The van der Waals surface area contributed by atoms with Crippen LogP contribution in [0.15, 0.2) is 18.2 Å². The van der Waals surface area contributed by atoms with Gasteiger partial charge in [0, 0.05) is 24.7 Å². The number of rotatable bonds is 6. The lowest BCUT2D eigenvalue weighted by Gasteiger charge is -2.18. The number of carbonyl (C=O) groups is 1. The van der Waals surface area contributed by atoms with Gasteiger partial charge in [-0.05, 0) is 32.9 Å². The smallest absolute Gasteiger partial charge is 0.260 e. The van der Waals surface area contributed by atoms with Crippen molar-refractivity contribution in [1.29, 1.82) is 0 Å². The van der Waals surface area contributed by atoms with Gasteiger partial charge in [0.05, 0.1) is 6.10 Å². The predicted molar refractivity (Wildman–Crippen MR) is 70.5 cm³/mol. The minimum absolute atomic E-state index is 0.116. The number of nitrogens with zero attached hydrogens (tertiary/aromatic N) is 1. The van der Waals surface area contributed by atoms with Crippen molar-refractivity contribution in [2.75, 3.05) is 19.7 Å². The third-order valence-corrected chi connectivity index (χ3v) is 2.90. The first kappa shape index (κ1) is 15.4. The molecule has 0 spiro atoms. The Morgan fingerprint density at radius 1 is 1.42 bits per heavy atom. The molecule has 19 heavy (non-hydrogen) atoms. The monoisotopic (exact) mass is 269 g/mol. The number of ether oxygens (including phenoxy) is 1. The van der Waals surface area contributed by atoms with E-state index in [0.29, 0.717) is 13.1 Å². The minimum Gasteiger partial charge on any atom is -0.484 e. The van der Waals surface area contributed by atoms with Gasteiger partial charge in [-0.1, -0.05) is 0 Å². The van der Waals surface area contributed by atoms with Crippen LogP contribution in [0.4, 0.5) is 4.39 Å². The van der Waals surface area contributed by atoms with Gasteiger partial charge >= 0.3 is 0 Å². The number of halogens is 1. The molecule has 1 rings (SSSR count). The summed E-state index contributed by atoms with van der Waals surface area (Å²) < 4.78 is 18.8. The molecule has 0 aromatic heterocycles. The first-order valence-corrected chi connectivity index (χ1v) is 6.37. The molecule has 0 aliphatic carbocycles. The molecule has 4 nitrogen and oxygen atoms in total. The molecule has 0 fully saturated rings. The van der Waals surface area contributed by atoms with Gasteiger partial charge in [0.15, 0.2) is 6.61 Å². The van der Waals surface area contributed by atoms with Gasteiger partial charge in [-0.2, -0.15) is 0 Å². The highest BCUT2D eigenvalue weighted by atomic mass is 19.1. The van der Waals surface area contributed by atoms with Crippen LogP contribution in [0.25, 0.3) is 0 Å². The first-order chi connectivity index (χ1) is 8.99. The lowest BCUT2D eigenvalue weighted by Crippen LogP contribution is -2.34. The van der Waals surface area contributed by atoms with Crippen molar-refractivity contribution in [3.8, 4) is 5.75 Å². The maximum atomic E-state index is 13.6. The summed E-state index contributed by atoms with van der Waals surface area (Å²) >= 11 is 0. The van der Waals surface area contributed by atoms with Crippen LogP contribution in [0.3, 0.4) is 0 Å². The lowest BCUT2D eigenvalue weighted by atomic mass is 10.1. The minimum atomic E-state index is -0.869. The molecule has 0 bridgehead atoms. The molecule has 0 aliphatic rings. The van der Waals surface area contributed by atoms with Crippen molar-refractivity contribution in [3.05, 3.63) is 29.6 Å². The molecule has 0 unspecified atom stereocenters. The second kappa shape index (κ2) is 7.09. The van der Waals surface area contributed by atoms with Crippen molar-refractivity contribution in [3.63, 3.8) is 0 Å². The fourth-order valence-corrected chi connectivity index (χ4v) is 1.75. The number of benzene rings is 1. The third-order valence-electron chi connectivity index (χ3n) is 2.90. The van der Waals surface area contributed by atoms with Gasteiger partial charge in [-0.25, -0.2) is 4.39 Å². The normalized spacial score (nSPS) is 12.1. The van der Waals surface area contributed by atoms with Crippen LogP contribution >= 0.6 is 0 Å². The zero-order valence-electron chi connectivity index (χ0n) is 11.5. The van der Waals surface area contributed by atoms with Crippen LogP contribution < -0.4 is 4.74 Å². The number of hydrogen-bond acceptors (Lipinski definition) is 3. The van der Waals surface area contributed by atoms with Crippen molar-refractivity contribution in [2.45, 2.75) is 26.9 Å². The maximum Gasteiger partial charge on any atom is 0.260 e. The third kappa shape index (κ3) is 4.21. The molecule has 1 atom stereocenters. The second-order valence-corrected chi connectivity index (χ2v) is 4.21. The van der Waals surface area contributed by atoms with Gasteiger partial charge < -0.3 is 14.7 Å². The summed E-state index contributed by atoms with van der Waals surface area (Å²) in [6.45, 7) is 6.39. The molecule has 0 aliphatic heterocycles. The van der Waals surface area contributed by atoms with Crippen molar-refractivity contribution in [2.24, 2.45) is 0 Å². The Morgan fingerprint density at radius 3 is 2.53 bits per heavy atom. The molecule has 0 radical (unpaired) electrons. The zero-order valence-corrected chi connectivity index (χ0v) is 11.5. The number of aliphatic hydroxyl groups excluding tert-OH is 1. The molecule has 1 amide bonds. The number of likely N-dealkylation sites (N-methyl/N-ethyl adjacent to an activating group) is 1. The largest absolute Gasteiger partial charge is 0.484 e. The second-order valence-electron chi connectivity index (χ2n) is 4.21. The van der Waals surface area contributed by atoms with Gasteiger partial charge in [-0.15, -0.1) is 0 Å². The summed E-state index contributed by atoms with van der Waals surface area (Å²) in [5, 5.41) is 9.31. The fraction of sp³-hybridized carbons (Fsp3) is 0.500. The molecule has 1 aromatic carbocycles. The van der Waals surface area contributed by atoms with E-state index < -0.39 is 11.9 Å². The summed E-state index contributed by atoms with van der Waals surface area (Å²) in [6.07, 6.45) is -0.869. The van der Waals surface area contributed by atoms with E-state index in [9.17, 15) is 14.3 Å². The Balaban J connectivity index is 2.64. The summed E-state index contributed by atoms with van der Waals surface area (Å²) in [7, 11) is 0. The topological polar surface area (TPSA) is 49.8 Å². The van der Waals surface area contributed by atoms with E-state index in [2.05, 4.69) is 0 Å². The summed E-state index contributed by atoms with van der Waals surface area (Å²) in [5.74, 6) is -0.393. The highest BCUT2D eigenvalue weighted by Gasteiger charge is 2.12. The Hall–Kier alpha value is -1.62. The quantitative estimate of drug-likeness (QED) is 0.860. The number of carbonyl (C=O) groups excluding carboxylic acids is 1. The number of hydrogen-bond donors (Lipinski definition) is 1. The van der Waals surface area contributed by atoms with E-state index in [4.69, 9.17) is 4.74 Å². The molecule has 1 aromatic rings. The highest BCUT2D eigenvalue weighted by molar-refractivity contribution is 5.77. The molecule has 5 heteroatoms. The Morgan fingerprint density at radius 2 is 2.05 bits per heavy atom. The lowest BCUT2D eigenvalue weighted by molar-refractivity contribution is -0.132. The van der Waals surface area contributed by atoms with Crippen LogP contribution in [0.1, 0.15) is 32.4 Å². The van der Waals surface area contributed by atoms with Crippen molar-refractivity contribution < 1.29 is 19.0 Å². The van der Waals surface area contributed by atoms with E-state index in [1.165, 1.54) is 19.1 Å². The van der Waals surface area contributed by atoms with Gasteiger partial charge in [0.1, 0.15) is 11.6 Å². The standard InChI is InChI=1S/C14H20FNO3/c1-4-16(5-2)14(18)9-19-11-6-7-12(10(3)17)13(15)8-11/h6-8,10,17H,4-5,9H2,1-3H3/t10-/m0/s1. The Bertz CT molecular complexity index is 431. The average Bonchev–Trinajstić information content (AvgIpc) is 2.37. The fourth-order valence-electron chi connectivity index (χ4n) is 1.75. The Kier molecular flexibility index (Phi) is 5.76. The molecule has 106 valence electrons. The molecule has 1 N–H and O–H groups in total.